The lowest BCUT2D eigenvalue weighted by atomic mass is 9.97. The van der Waals surface area contributed by atoms with Gasteiger partial charge in [-0.25, -0.2) is 9.59 Å². The summed E-state index contributed by atoms with van der Waals surface area (Å²) < 4.78 is 16.6. The predicted molar refractivity (Wildman–Crippen MR) is 117 cm³/mol. The van der Waals surface area contributed by atoms with E-state index in [-0.39, 0.29) is 12.7 Å². The van der Waals surface area contributed by atoms with Crippen molar-refractivity contribution in [2.75, 3.05) is 6.79 Å². The molecule has 168 valence electrons. The number of nitrogens with one attached hydrogen (secondary N) is 1. The zero-order valence-electron chi connectivity index (χ0n) is 19.4. The molecule has 0 heterocycles. The van der Waals surface area contributed by atoms with Crippen LogP contribution in [0.25, 0.3) is 0 Å². The van der Waals surface area contributed by atoms with E-state index < -0.39 is 23.7 Å². The highest BCUT2D eigenvalue weighted by atomic mass is 16.7. The van der Waals surface area contributed by atoms with Gasteiger partial charge < -0.3 is 19.5 Å². The van der Waals surface area contributed by atoms with Crippen LogP contribution in [0.15, 0.2) is 18.2 Å². The Labute approximate surface area is 180 Å². The Morgan fingerprint density at radius 1 is 1.13 bits per heavy atom. The van der Waals surface area contributed by atoms with Gasteiger partial charge in [-0.1, -0.05) is 45.9 Å². The standard InChI is InChI=1S/C24H37NO5/c1-15(2)19-10-8-9-18(13-17-11-12-17)21(19)28-14-29-22(26)20(16(3)4)25-23(27)30-24(5,6)7/h8-10,15-17,20H,11-14H2,1-7H3,(H,25,27). The molecule has 1 fully saturated rings. The number of rotatable bonds is 9. The number of carbonyl (C=O) groups is 2. The predicted octanol–water partition coefficient (Wildman–Crippen LogP) is 5.19. The molecular formula is C24H37NO5. The number of carbonyl (C=O) groups excluding carboxylic acids is 2. The van der Waals surface area contributed by atoms with E-state index in [0.717, 1.165) is 29.2 Å². The Hall–Kier alpha value is -2.24. The van der Waals surface area contributed by atoms with Crippen LogP contribution in [0, 0.1) is 11.8 Å². The molecule has 1 N–H and O–H groups in total. The van der Waals surface area contributed by atoms with E-state index in [1.165, 1.54) is 12.8 Å². The molecule has 1 aliphatic carbocycles. The monoisotopic (exact) mass is 419 g/mol. The summed E-state index contributed by atoms with van der Waals surface area (Å²) >= 11 is 0. The van der Waals surface area contributed by atoms with Gasteiger partial charge in [0.25, 0.3) is 0 Å². The van der Waals surface area contributed by atoms with Crippen LogP contribution in [-0.4, -0.2) is 30.5 Å². The molecule has 0 spiro atoms. The molecule has 1 amide bonds. The van der Waals surface area contributed by atoms with Crippen molar-refractivity contribution in [3.63, 3.8) is 0 Å². The average Bonchev–Trinajstić information content (AvgIpc) is 3.42. The fourth-order valence-corrected chi connectivity index (χ4v) is 3.20. The fourth-order valence-electron chi connectivity index (χ4n) is 3.20. The lowest BCUT2D eigenvalue weighted by Crippen LogP contribution is -2.47. The van der Waals surface area contributed by atoms with E-state index in [1.54, 1.807) is 20.8 Å². The highest BCUT2D eigenvalue weighted by Crippen LogP contribution is 2.38. The number of benzene rings is 1. The van der Waals surface area contributed by atoms with Gasteiger partial charge in [-0.2, -0.15) is 0 Å². The van der Waals surface area contributed by atoms with E-state index in [9.17, 15) is 9.59 Å². The number of hydrogen-bond acceptors (Lipinski definition) is 5. The highest BCUT2D eigenvalue weighted by Gasteiger charge is 2.29. The lowest BCUT2D eigenvalue weighted by molar-refractivity contribution is -0.154. The van der Waals surface area contributed by atoms with Crippen molar-refractivity contribution in [1.82, 2.24) is 5.32 Å². The summed E-state index contributed by atoms with van der Waals surface area (Å²) in [5, 5.41) is 2.61. The molecule has 1 saturated carbocycles. The minimum atomic E-state index is -0.810. The second-order valence-electron chi connectivity index (χ2n) is 9.73. The largest absolute Gasteiger partial charge is 0.457 e. The molecule has 0 aliphatic heterocycles. The molecule has 0 radical (unpaired) electrons. The molecular weight excluding hydrogens is 382 g/mol. The summed E-state index contributed by atoms with van der Waals surface area (Å²) in [6.45, 7) is 13.0. The van der Waals surface area contributed by atoms with Crippen molar-refractivity contribution < 1.29 is 23.8 Å². The summed E-state index contributed by atoms with van der Waals surface area (Å²) in [4.78, 5) is 24.7. The molecule has 1 unspecified atom stereocenters. The lowest BCUT2D eigenvalue weighted by Gasteiger charge is -2.25. The van der Waals surface area contributed by atoms with Crippen molar-refractivity contribution in [3.05, 3.63) is 29.3 Å². The first-order chi connectivity index (χ1) is 14.0. The second kappa shape index (κ2) is 10.2. The summed E-state index contributed by atoms with van der Waals surface area (Å²) in [5.74, 6) is 1.14. The van der Waals surface area contributed by atoms with Gasteiger partial charge in [0.1, 0.15) is 17.4 Å². The number of alkyl carbamates (subject to hydrolysis) is 1. The first-order valence-corrected chi connectivity index (χ1v) is 10.9. The minimum Gasteiger partial charge on any atom is -0.457 e. The van der Waals surface area contributed by atoms with E-state index in [2.05, 4.69) is 37.4 Å². The van der Waals surface area contributed by atoms with Crippen molar-refractivity contribution in [2.45, 2.75) is 85.3 Å². The normalized spacial score (nSPS) is 15.1. The highest BCUT2D eigenvalue weighted by molar-refractivity contribution is 5.81. The Kier molecular flexibility index (Phi) is 8.16. The van der Waals surface area contributed by atoms with Gasteiger partial charge in [-0.15, -0.1) is 0 Å². The van der Waals surface area contributed by atoms with Crippen LogP contribution in [0.5, 0.6) is 5.75 Å². The average molecular weight is 420 g/mol. The number of para-hydroxylation sites is 1. The van der Waals surface area contributed by atoms with Crippen LogP contribution in [-0.2, 0) is 20.7 Å². The van der Waals surface area contributed by atoms with Crippen LogP contribution in [0.1, 0.15) is 78.4 Å². The van der Waals surface area contributed by atoms with Gasteiger partial charge in [0.05, 0.1) is 0 Å². The molecule has 2 rings (SSSR count). The third kappa shape index (κ3) is 7.54. The SMILES string of the molecule is CC(C)c1cccc(CC2CC2)c1OCOC(=O)C(NC(=O)OC(C)(C)C)C(C)C. The smallest absolute Gasteiger partial charge is 0.408 e. The molecule has 1 aliphatic rings. The van der Waals surface area contributed by atoms with E-state index in [0.29, 0.717) is 5.92 Å². The molecule has 0 saturated heterocycles. The van der Waals surface area contributed by atoms with Gasteiger partial charge in [0.15, 0.2) is 0 Å². The van der Waals surface area contributed by atoms with Crippen molar-refractivity contribution >= 4 is 12.1 Å². The minimum absolute atomic E-state index is 0.154. The molecule has 6 heteroatoms. The Balaban J connectivity index is 2.00. The molecule has 30 heavy (non-hydrogen) atoms. The maximum absolute atomic E-state index is 12.6. The first-order valence-electron chi connectivity index (χ1n) is 10.9. The summed E-state index contributed by atoms with van der Waals surface area (Å²) in [7, 11) is 0. The van der Waals surface area contributed by atoms with Gasteiger partial charge >= 0.3 is 12.1 Å². The Morgan fingerprint density at radius 2 is 1.80 bits per heavy atom. The van der Waals surface area contributed by atoms with Crippen molar-refractivity contribution in [3.8, 4) is 5.75 Å². The summed E-state index contributed by atoms with van der Waals surface area (Å²) in [6, 6.07) is 5.39. The zero-order chi connectivity index (χ0) is 22.5. The Bertz CT molecular complexity index is 732. The van der Waals surface area contributed by atoms with Crippen LogP contribution < -0.4 is 10.1 Å². The Morgan fingerprint density at radius 3 is 2.33 bits per heavy atom. The number of ether oxygens (including phenoxy) is 3. The van der Waals surface area contributed by atoms with Gasteiger partial charge in [-0.05, 0) is 68.9 Å². The molecule has 0 aromatic heterocycles. The molecule has 1 atom stereocenters. The summed E-state index contributed by atoms with van der Waals surface area (Å²) in [6.07, 6.45) is 2.86. The van der Waals surface area contributed by atoms with Crippen LogP contribution in [0.3, 0.4) is 0 Å². The zero-order valence-corrected chi connectivity index (χ0v) is 19.4. The topological polar surface area (TPSA) is 73.9 Å². The van der Waals surface area contributed by atoms with Gasteiger partial charge in [0.2, 0.25) is 6.79 Å². The maximum atomic E-state index is 12.6. The van der Waals surface area contributed by atoms with Crippen LogP contribution in [0.2, 0.25) is 0 Å². The maximum Gasteiger partial charge on any atom is 0.408 e. The third-order valence-corrected chi connectivity index (χ3v) is 4.95. The second-order valence-corrected chi connectivity index (χ2v) is 9.73. The quantitative estimate of drug-likeness (QED) is 0.440. The van der Waals surface area contributed by atoms with E-state index in [1.807, 2.05) is 13.8 Å². The number of hydrogen-bond donors (Lipinski definition) is 1. The van der Waals surface area contributed by atoms with Gasteiger partial charge in [-0.3, -0.25) is 0 Å². The fraction of sp³-hybridized carbons (Fsp3) is 0.667. The molecule has 1 aromatic carbocycles. The van der Waals surface area contributed by atoms with Crippen molar-refractivity contribution in [2.24, 2.45) is 11.8 Å². The third-order valence-electron chi connectivity index (χ3n) is 4.95. The van der Waals surface area contributed by atoms with E-state index >= 15 is 0 Å². The summed E-state index contributed by atoms with van der Waals surface area (Å²) in [5.41, 5.74) is 1.63. The van der Waals surface area contributed by atoms with Crippen LogP contribution in [0.4, 0.5) is 4.79 Å². The first kappa shape index (κ1) is 24.0. The van der Waals surface area contributed by atoms with Crippen molar-refractivity contribution in [1.29, 1.82) is 0 Å². The van der Waals surface area contributed by atoms with E-state index in [4.69, 9.17) is 14.2 Å². The number of esters is 1. The molecule has 6 nitrogen and oxygen atoms in total. The molecule has 0 bridgehead atoms. The number of amides is 1. The van der Waals surface area contributed by atoms with Crippen LogP contribution >= 0.6 is 0 Å². The molecule has 1 aromatic rings. The van der Waals surface area contributed by atoms with Gasteiger partial charge in [0, 0.05) is 0 Å².